The van der Waals surface area contributed by atoms with Crippen LogP contribution < -0.4 is 10.6 Å². The van der Waals surface area contributed by atoms with Gasteiger partial charge in [0.15, 0.2) is 0 Å². The van der Waals surface area contributed by atoms with Gasteiger partial charge in [-0.15, -0.1) is 0 Å². The average molecular weight is 614 g/mol. The predicted molar refractivity (Wildman–Crippen MR) is 107 cm³/mol. The third-order valence-corrected chi connectivity index (χ3v) is 6.22. The number of carbonyl (C=O) groups excluding carboxylic acids is 1. The van der Waals surface area contributed by atoms with Crippen molar-refractivity contribution in [2.24, 2.45) is 5.92 Å². The quantitative estimate of drug-likeness (QED) is 0.501. The van der Waals surface area contributed by atoms with Crippen LogP contribution in [0.4, 0.5) is 5.69 Å². The first-order valence-electron chi connectivity index (χ1n) is 5.79. The summed E-state index contributed by atoms with van der Waals surface area (Å²) in [6, 6.07) is 4.15. The number of amides is 1. The zero-order valence-corrected chi connectivity index (χ0v) is 17.3. The highest BCUT2D eigenvalue weighted by Gasteiger charge is 2.17. The zero-order valence-electron chi connectivity index (χ0n) is 10.0. The van der Waals surface area contributed by atoms with Gasteiger partial charge in [0, 0.05) is 10.7 Å². The van der Waals surface area contributed by atoms with Gasteiger partial charge in [-0.1, -0.05) is 0 Å². The van der Waals surface area contributed by atoms with Crippen LogP contribution in [-0.4, -0.2) is 30.5 Å². The van der Waals surface area contributed by atoms with Crippen molar-refractivity contribution in [3.63, 3.8) is 0 Å². The summed E-state index contributed by atoms with van der Waals surface area (Å²) in [5, 5.41) is 6.26. The van der Waals surface area contributed by atoms with Crippen LogP contribution >= 0.6 is 79.5 Å². The van der Waals surface area contributed by atoms with E-state index in [1.807, 2.05) is 0 Å². The number of halogens is 3. The fourth-order valence-corrected chi connectivity index (χ4v) is 6.42. The van der Waals surface area contributed by atoms with Gasteiger partial charge < -0.3 is 10.6 Å². The molecule has 104 valence electrons. The minimum absolute atomic E-state index is 0.0920. The van der Waals surface area contributed by atoms with Crippen molar-refractivity contribution in [3.8, 4) is 0 Å². The van der Waals surface area contributed by atoms with E-state index in [-0.39, 0.29) is 5.91 Å². The van der Waals surface area contributed by atoms with Crippen molar-refractivity contribution in [2.45, 2.75) is 0 Å². The first kappa shape index (κ1) is 16.6. The zero-order chi connectivity index (χ0) is 13.8. The van der Waals surface area contributed by atoms with Gasteiger partial charge in [-0.05, 0) is 105 Å². The van der Waals surface area contributed by atoms with Crippen LogP contribution in [0, 0.1) is 16.6 Å². The molecule has 1 amide bonds. The van der Waals surface area contributed by atoms with Gasteiger partial charge in [0.05, 0.1) is 11.4 Å². The maximum Gasteiger partial charge on any atom is 0.234 e. The maximum absolute atomic E-state index is 11.9. The third kappa shape index (κ3) is 5.15. The van der Waals surface area contributed by atoms with Crippen LogP contribution in [0.25, 0.3) is 0 Å². The Labute approximate surface area is 158 Å². The molecule has 0 aromatic heterocycles. The Kier molecular flexibility index (Phi) is 6.96. The molecule has 2 N–H and O–H groups in total. The van der Waals surface area contributed by atoms with Crippen LogP contribution in [0.3, 0.4) is 0 Å². The summed E-state index contributed by atoms with van der Waals surface area (Å²) < 4.78 is 3.38. The lowest BCUT2D eigenvalue weighted by molar-refractivity contribution is -0.113. The molecule has 0 unspecified atom stereocenters. The number of nitrogens with one attached hydrogen (secondary N) is 2. The molecule has 0 atom stereocenters. The summed E-state index contributed by atoms with van der Waals surface area (Å²) >= 11 is 8.55. The van der Waals surface area contributed by atoms with E-state index in [9.17, 15) is 4.79 Å². The van der Waals surface area contributed by atoms with Crippen molar-refractivity contribution in [3.05, 3.63) is 22.8 Å². The molecule has 1 saturated heterocycles. The molecule has 0 radical (unpaired) electrons. The molecule has 1 fully saturated rings. The maximum atomic E-state index is 11.9. The summed E-state index contributed by atoms with van der Waals surface area (Å²) in [5.74, 6) is 2.45. The van der Waals surface area contributed by atoms with Gasteiger partial charge in [0.1, 0.15) is 0 Å². The molecular weight excluding hydrogens is 601 g/mol. The van der Waals surface area contributed by atoms with Crippen LogP contribution in [0.1, 0.15) is 0 Å². The SMILES string of the molecule is O=C(CSCC1CNC1)Nc1c(I)cc(I)cc1I. The molecule has 1 aliphatic heterocycles. The van der Waals surface area contributed by atoms with Crippen molar-refractivity contribution in [1.82, 2.24) is 5.32 Å². The number of hydrogen-bond donors (Lipinski definition) is 2. The molecule has 1 aromatic rings. The standard InChI is InChI=1S/C12H13I3N2OS/c13-8-1-9(14)12(10(15)2-8)17-11(18)6-19-5-7-3-16-4-7/h1-2,7,16H,3-6H2,(H,17,18). The van der Waals surface area contributed by atoms with E-state index in [4.69, 9.17) is 0 Å². The fraction of sp³-hybridized carbons (Fsp3) is 0.417. The van der Waals surface area contributed by atoms with E-state index in [0.29, 0.717) is 5.75 Å². The van der Waals surface area contributed by atoms with E-state index in [2.05, 4.69) is 90.5 Å². The highest BCUT2D eigenvalue weighted by atomic mass is 127. The molecule has 7 heteroatoms. The van der Waals surface area contributed by atoms with E-state index < -0.39 is 0 Å². The van der Waals surface area contributed by atoms with Crippen molar-refractivity contribution in [1.29, 1.82) is 0 Å². The molecule has 0 spiro atoms. The molecule has 19 heavy (non-hydrogen) atoms. The minimum atomic E-state index is 0.0920. The third-order valence-electron chi connectivity index (χ3n) is 2.72. The van der Waals surface area contributed by atoms with E-state index in [1.165, 1.54) is 3.57 Å². The molecule has 0 aliphatic carbocycles. The van der Waals surface area contributed by atoms with Gasteiger partial charge >= 0.3 is 0 Å². The molecule has 1 aromatic carbocycles. The lowest BCUT2D eigenvalue weighted by Crippen LogP contribution is -2.43. The summed E-state index contributed by atoms with van der Waals surface area (Å²) in [6.07, 6.45) is 0. The van der Waals surface area contributed by atoms with Crippen molar-refractivity contribution in [2.75, 3.05) is 29.9 Å². The van der Waals surface area contributed by atoms with E-state index in [0.717, 1.165) is 37.6 Å². The lowest BCUT2D eigenvalue weighted by atomic mass is 10.1. The minimum Gasteiger partial charge on any atom is -0.324 e. The van der Waals surface area contributed by atoms with Crippen LogP contribution in [0.15, 0.2) is 12.1 Å². The number of rotatable bonds is 5. The number of benzene rings is 1. The van der Waals surface area contributed by atoms with Crippen LogP contribution in [0.5, 0.6) is 0 Å². The highest BCUT2D eigenvalue weighted by Crippen LogP contribution is 2.27. The van der Waals surface area contributed by atoms with E-state index in [1.54, 1.807) is 11.8 Å². The predicted octanol–water partition coefficient (Wildman–Crippen LogP) is 3.39. The number of carbonyl (C=O) groups is 1. The van der Waals surface area contributed by atoms with Crippen LogP contribution in [0.2, 0.25) is 0 Å². The fourth-order valence-electron chi connectivity index (χ4n) is 1.62. The molecule has 0 bridgehead atoms. The molecular formula is C12H13I3N2OS. The first-order chi connectivity index (χ1) is 9.06. The first-order valence-corrected chi connectivity index (χ1v) is 10.2. The lowest BCUT2D eigenvalue weighted by Gasteiger charge is -2.26. The van der Waals surface area contributed by atoms with Gasteiger partial charge in [-0.3, -0.25) is 4.79 Å². The molecule has 0 saturated carbocycles. The molecule has 1 heterocycles. The number of hydrogen-bond acceptors (Lipinski definition) is 3. The van der Waals surface area contributed by atoms with Crippen molar-refractivity contribution < 1.29 is 4.79 Å². The second-order valence-electron chi connectivity index (χ2n) is 4.33. The largest absolute Gasteiger partial charge is 0.324 e. The Hall–Kier alpha value is 1.19. The summed E-state index contributed by atoms with van der Waals surface area (Å²) in [5.41, 5.74) is 0.942. The average Bonchev–Trinajstić information content (AvgIpc) is 2.27. The summed E-state index contributed by atoms with van der Waals surface area (Å²) in [7, 11) is 0. The Bertz CT molecular complexity index is 457. The highest BCUT2D eigenvalue weighted by molar-refractivity contribution is 14.1. The molecule has 1 aliphatic rings. The summed E-state index contributed by atoms with van der Waals surface area (Å²) in [6.45, 7) is 2.20. The monoisotopic (exact) mass is 614 g/mol. The Balaban J connectivity index is 1.84. The second-order valence-corrected chi connectivity index (χ2v) is 8.93. The Morgan fingerprint density at radius 2 is 1.95 bits per heavy atom. The number of anilines is 1. The van der Waals surface area contributed by atoms with Gasteiger partial charge in [0.25, 0.3) is 0 Å². The van der Waals surface area contributed by atoms with Crippen LogP contribution in [-0.2, 0) is 4.79 Å². The summed E-state index contributed by atoms with van der Waals surface area (Å²) in [4.78, 5) is 11.9. The normalized spacial score (nSPS) is 15.1. The van der Waals surface area contributed by atoms with Gasteiger partial charge in [-0.2, -0.15) is 11.8 Å². The Morgan fingerprint density at radius 1 is 1.32 bits per heavy atom. The molecule has 3 nitrogen and oxygen atoms in total. The Morgan fingerprint density at radius 3 is 2.47 bits per heavy atom. The van der Waals surface area contributed by atoms with Crippen molar-refractivity contribution >= 4 is 91.1 Å². The molecule has 2 rings (SSSR count). The topological polar surface area (TPSA) is 41.1 Å². The van der Waals surface area contributed by atoms with Gasteiger partial charge in [0.2, 0.25) is 5.91 Å². The van der Waals surface area contributed by atoms with Gasteiger partial charge in [-0.25, -0.2) is 0 Å². The van der Waals surface area contributed by atoms with E-state index >= 15 is 0 Å². The number of thioether (sulfide) groups is 1. The smallest absolute Gasteiger partial charge is 0.234 e. The second kappa shape index (κ2) is 7.99.